The molecule has 4 aliphatic rings. The molecule has 0 atom stereocenters. The Bertz CT molecular complexity index is 2080. The van der Waals surface area contributed by atoms with Gasteiger partial charge in [-0.2, -0.15) is 0 Å². The van der Waals surface area contributed by atoms with Crippen molar-refractivity contribution in [1.29, 1.82) is 0 Å². The van der Waals surface area contributed by atoms with Crippen molar-refractivity contribution in [3.63, 3.8) is 0 Å². The first kappa shape index (κ1) is 36.8. The minimum Gasteiger partial charge on any atom is -1.00 e. The van der Waals surface area contributed by atoms with E-state index in [2.05, 4.69) is 96.2 Å². The van der Waals surface area contributed by atoms with Crippen molar-refractivity contribution in [2.45, 2.75) is 75.3 Å². The van der Waals surface area contributed by atoms with Crippen LogP contribution in [0.5, 0.6) is 0 Å². The van der Waals surface area contributed by atoms with E-state index in [4.69, 9.17) is 0 Å². The molecule has 0 N–H and O–H groups in total. The molecule has 0 unspecified atom stereocenters. The summed E-state index contributed by atoms with van der Waals surface area (Å²) in [5.41, 5.74) is 15.5. The number of benzene rings is 4. The third kappa shape index (κ3) is 6.06. The molecule has 0 aromatic heterocycles. The van der Waals surface area contributed by atoms with Crippen LogP contribution >= 0.6 is 0 Å². The molecular formula is C45H42Cl2F2Zr. The second-order valence-corrected chi connectivity index (χ2v) is 21.7. The maximum atomic E-state index is 15.1. The monoisotopic (exact) mass is 780 g/mol. The molecule has 0 radical (unpaired) electrons. The Morgan fingerprint density at radius 2 is 1.14 bits per heavy atom. The first-order valence-corrected chi connectivity index (χ1v) is 21.1. The van der Waals surface area contributed by atoms with Crippen molar-refractivity contribution in [2.75, 3.05) is 0 Å². The van der Waals surface area contributed by atoms with Gasteiger partial charge in [0.2, 0.25) is 0 Å². The van der Waals surface area contributed by atoms with Gasteiger partial charge in [0, 0.05) is 0 Å². The van der Waals surface area contributed by atoms with Crippen molar-refractivity contribution in [1.82, 2.24) is 0 Å². The fourth-order valence-corrected chi connectivity index (χ4v) is 17.5. The van der Waals surface area contributed by atoms with Crippen LogP contribution in [0.25, 0.3) is 22.3 Å². The molecule has 0 heterocycles. The average Bonchev–Trinajstić information content (AvgIpc) is 3.69. The van der Waals surface area contributed by atoms with E-state index in [1.54, 1.807) is 12.1 Å². The summed E-state index contributed by atoms with van der Waals surface area (Å²) in [6, 6.07) is 24.2. The van der Waals surface area contributed by atoms with Gasteiger partial charge in [-0.25, -0.2) is 0 Å². The van der Waals surface area contributed by atoms with E-state index in [1.165, 1.54) is 71.1 Å². The summed E-state index contributed by atoms with van der Waals surface area (Å²) in [6.45, 7) is 14.0. The topological polar surface area (TPSA) is 0 Å². The van der Waals surface area contributed by atoms with Crippen LogP contribution in [0, 0.1) is 11.6 Å². The molecule has 0 fully saturated rings. The second kappa shape index (κ2) is 13.5. The molecule has 5 heteroatoms. The largest absolute Gasteiger partial charge is 1.00 e. The summed E-state index contributed by atoms with van der Waals surface area (Å²) in [6.07, 6.45) is 14.5. The first-order valence-electron chi connectivity index (χ1n) is 17.3. The molecule has 8 rings (SSSR count). The number of hydrogen-bond donors (Lipinski definition) is 0. The Morgan fingerprint density at radius 3 is 1.56 bits per heavy atom. The molecule has 0 aliphatic heterocycles. The van der Waals surface area contributed by atoms with Gasteiger partial charge in [0.1, 0.15) is 0 Å². The zero-order chi connectivity index (χ0) is 33.5. The van der Waals surface area contributed by atoms with Crippen molar-refractivity contribution in [2.24, 2.45) is 0 Å². The molecule has 254 valence electrons. The van der Waals surface area contributed by atoms with E-state index < -0.39 is 21.3 Å². The van der Waals surface area contributed by atoms with Gasteiger partial charge in [-0.3, -0.25) is 0 Å². The van der Waals surface area contributed by atoms with Crippen LogP contribution in [0.3, 0.4) is 0 Å². The number of fused-ring (bicyclic) bond motifs is 5. The number of halogens is 4. The summed E-state index contributed by atoms with van der Waals surface area (Å²) >= 11 is -3.14. The number of allylic oxidation sites excluding steroid dienone is 8. The van der Waals surface area contributed by atoms with Crippen molar-refractivity contribution in [3.8, 4) is 11.1 Å². The fraction of sp³-hybridized carbons (Fsp3) is 0.267. The van der Waals surface area contributed by atoms with E-state index >= 15 is 8.78 Å². The molecular weight excluding hydrogens is 741 g/mol. The molecule has 0 amide bonds. The molecule has 4 aromatic rings. The van der Waals surface area contributed by atoms with E-state index in [0.29, 0.717) is 0 Å². The molecule has 0 bridgehead atoms. The SMILES string of the molecule is CC1=CCC(C)(C)c2cc3c(cc21)-c1cc2c(cc1[CH]3[Zr+2]([C]1=CC=CC1)=[C](c1cccc(F)c1)c1cccc(F)c1)C(C)(C)CC=C2C.[Cl-].[Cl-]. The zero-order valence-corrected chi connectivity index (χ0v) is 33.5. The molecule has 0 saturated carbocycles. The van der Waals surface area contributed by atoms with Crippen LogP contribution < -0.4 is 24.8 Å². The Labute approximate surface area is 316 Å². The van der Waals surface area contributed by atoms with Crippen LogP contribution in [0.2, 0.25) is 0 Å². The third-order valence-electron chi connectivity index (χ3n) is 11.3. The zero-order valence-electron chi connectivity index (χ0n) is 29.5. The van der Waals surface area contributed by atoms with Gasteiger partial charge in [-0.15, -0.1) is 0 Å². The normalized spacial score (nSPS) is 17.4. The Hall–Kier alpha value is -2.97. The summed E-state index contributed by atoms with van der Waals surface area (Å²) in [7, 11) is 0. The van der Waals surface area contributed by atoms with Crippen molar-refractivity contribution in [3.05, 3.63) is 163 Å². The van der Waals surface area contributed by atoms with Gasteiger partial charge in [-0.1, -0.05) is 0 Å². The molecule has 4 aromatic carbocycles. The Balaban J connectivity index is 0.00000216. The van der Waals surface area contributed by atoms with E-state index in [-0.39, 0.29) is 50.9 Å². The fourth-order valence-electron chi connectivity index (χ4n) is 8.59. The average molecular weight is 783 g/mol. The minimum absolute atomic E-state index is 0. The smallest absolute Gasteiger partial charge is 1.00 e. The maximum Gasteiger partial charge on any atom is -1.00 e. The van der Waals surface area contributed by atoms with Crippen LogP contribution in [-0.2, 0) is 32.1 Å². The van der Waals surface area contributed by atoms with Gasteiger partial charge in [0.05, 0.1) is 0 Å². The molecule has 0 nitrogen and oxygen atoms in total. The van der Waals surface area contributed by atoms with Gasteiger partial charge in [-0.05, 0) is 0 Å². The summed E-state index contributed by atoms with van der Waals surface area (Å²) < 4.78 is 33.1. The molecule has 4 aliphatic carbocycles. The maximum absolute atomic E-state index is 15.1. The van der Waals surface area contributed by atoms with Gasteiger partial charge < -0.3 is 24.8 Å². The number of rotatable bonds is 4. The van der Waals surface area contributed by atoms with E-state index in [1.807, 2.05) is 24.3 Å². The predicted octanol–water partition coefficient (Wildman–Crippen LogP) is 5.94. The van der Waals surface area contributed by atoms with Crippen LogP contribution in [0.1, 0.15) is 109 Å². The third-order valence-corrected chi connectivity index (χ3v) is 19.6. The summed E-state index contributed by atoms with van der Waals surface area (Å²) in [5.74, 6) is -0.517. The molecule has 50 heavy (non-hydrogen) atoms. The minimum atomic E-state index is -3.14. The van der Waals surface area contributed by atoms with Gasteiger partial charge >= 0.3 is 293 Å². The molecule has 0 spiro atoms. The van der Waals surface area contributed by atoms with Crippen molar-refractivity contribution >= 4 is 14.4 Å². The van der Waals surface area contributed by atoms with Gasteiger partial charge in [0.25, 0.3) is 0 Å². The van der Waals surface area contributed by atoms with Crippen molar-refractivity contribution < 1.29 is 54.9 Å². The van der Waals surface area contributed by atoms with Crippen LogP contribution in [-0.4, -0.2) is 3.21 Å². The quantitative estimate of drug-likeness (QED) is 0.241. The van der Waals surface area contributed by atoms with E-state index in [0.717, 1.165) is 33.6 Å². The van der Waals surface area contributed by atoms with Gasteiger partial charge in [0.15, 0.2) is 0 Å². The first-order chi connectivity index (χ1) is 22.9. The summed E-state index contributed by atoms with van der Waals surface area (Å²) in [5, 5.41) is 0. The Kier molecular flexibility index (Phi) is 9.97. The summed E-state index contributed by atoms with van der Waals surface area (Å²) in [4.78, 5) is 0. The standard InChI is InChI=1S/C27H29.C13H8F2.C5H5.2ClH.Zr/c1-16-7-9-26(3,4)24-12-18-11-19-13-25-21(17(2)8-10-27(25,5)6)15-23(19)22(18)14-20(16)24;14-12-5-1-3-10(8-12)7-11-4-2-6-13(15)9-11;1-2-4-5-3-1;;;/h7-8,11-15H,9-10H2,1-6H3;1-6,8-9H;1-3H,4H2;2*1H;/q;;;;;+2/p-2. The number of hydrogen-bond acceptors (Lipinski definition) is 0. The Morgan fingerprint density at radius 1 is 0.660 bits per heavy atom. The second-order valence-electron chi connectivity index (χ2n) is 15.5. The van der Waals surface area contributed by atoms with Crippen LogP contribution in [0.4, 0.5) is 8.78 Å². The van der Waals surface area contributed by atoms with Crippen LogP contribution in [0.15, 0.2) is 106 Å². The van der Waals surface area contributed by atoms with E-state index in [9.17, 15) is 0 Å². The predicted molar refractivity (Wildman–Crippen MR) is 194 cm³/mol. The molecule has 0 saturated heterocycles.